The minimum absolute atomic E-state index is 0.0815. The highest BCUT2D eigenvalue weighted by Gasteiger charge is 2.53. The number of allylic oxidation sites excluding steroid dienone is 3. The van der Waals surface area contributed by atoms with Crippen molar-refractivity contribution in [3.8, 4) is 0 Å². The first-order valence-corrected chi connectivity index (χ1v) is 9.01. The zero-order valence-corrected chi connectivity index (χ0v) is 13.0. The Balaban J connectivity index is 1.95. The zero-order chi connectivity index (χ0) is 16.0. The van der Waals surface area contributed by atoms with Gasteiger partial charge in [-0.2, -0.15) is 21.6 Å². The summed E-state index contributed by atoms with van der Waals surface area (Å²) in [6.07, 6.45) is 5.77. The summed E-state index contributed by atoms with van der Waals surface area (Å²) in [6, 6.07) is 3.75. The smallest absolute Gasteiger partial charge is 0.380 e. The highest BCUT2D eigenvalue weighted by atomic mass is 32.2. The van der Waals surface area contributed by atoms with Crippen LogP contribution in [0, 0.1) is 5.41 Å². The standard InChI is InChI=1S/C14H13F3O3S2/c15-14(16,17)22(18,19)20-12-6-2-8-13(12)7-1-4-10(13)11-5-3-9-21-11/h3-6,9H,1-2,7-8H2. The van der Waals surface area contributed by atoms with E-state index in [9.17, 15) is 21.6 Å². The van der Waals surface area contributed by atoms with E-state index in [0.717, 1.165) is 10.5 Å². The fraction of sp³-hybridized carbons (Fsp3) is 0.429. The lowest BCUT2D eigenvalue weighted by Crippen LogP contribution is -2.29. The molecular formula is C14H13F3O3S2. The molecule has 2 aliphatic rings. The average molecular weight is 350 g/mol. The maximum absolute atomic E-state index is 12.6. The van der Waals surface area contributed by atoms with Crippen LogP contribution >= 0.6 is 11.3 Å². The number of rotatable bonds is 3. The summed E-state index contributed by atoms with van der Waals surface area (Å²) in [5.41, 5.74) is -5.28. The molecule has 1 aromatic rings. The highest BCUT2D eigenvalue weighted by molar-refractivity contribution is 7.87. The van der Waals surface area contributed by atoms with Crippen molar-refractivity contribution in [2.45, 2.75) is 31.2 Å². The molecule has 2 aliphatic carbocycles. The zero-order valence-electron chi connectivity index (χ0n) is 11.4. The van der Waals surface area contributed by atoms with E-state index in [-0.39, 0.29) is 5.76 Å². The third kappa shape index (κ3) is 2.38. The van der Waals surface area contributed by atoms with Gasteiger partial charge in [-0.05, 0) is 48.8 Å². The predicted octanol–water partition coefficient (Wildman–Crippen LogP) is 4.46. The summed E-state index contributed by atoms with van der Waals surface area (Å²) in [5, 5.41) is 1.88. The van der Waals surface area contributed by atoms with Crippen LogP contribution in [0.2, 0.25) is 0 Å². The molecule has 0 aromatic carbocycles. The summed E-state index contributed by atoms with van der Waals surface area (Å²) in [7, 11) is -5.63. The van der Waals surface area contributed by atoms with Gasteiger partial charge in [-0.25, -0.2) is 0 Å². The van der Waals surface area contributed by atoms with Gasteiger partial charge in [0.1, 0.15) is 5.76 Å². The molecular weight excluding hydrogens is 337 g/mol. The summed E-state index contributed by atoms with van der Waals surface area (Å²) in [4.78, 5) is 0.943. The van der Waals surface area contributed by atoms with Crippen molar-refractivity contribution in [2.24, 2.45) is 5.41 Å². The van der Waals surface area contributed by atoms with E-state index in [0.29, 0.717) is 25.7 Å². The summed E-state index contributed by atoms with van der Waals surface area (Å²) in [6.45, 7) is 0. The Bertz CT molecular complexity index is 726. The molecule has 120 valence electrons. The van der Waals surface area contributed by atoms with E-state index >= 15 is 0 Å². The lowest BCUT2D eigenvalue weighted by molar-refractivity contribution is -0.0529. The van der Waals surface area contributed by atoms with E-state index < -0.39 is 21.0 Å². The monoisotopic (exact) mass is 350 g/mol. The first kappa shape index (κ1) is 15.6. The lowest BCUT2D eigenvalue weighted by atomic mass is 9.78. The molecule has 1 heterocycles. The minimum Gasteiger partial charge on any atom is -0.380 e. The molecule has 1 atom stereocenters. The largest absolute Gasteiger partial charge is 0.534 e. The molecule has 22 heavy (non-hydrogen) atoms. The van der Waals surface area contributed by atoms with Gasteiger partial charge in [0, 0.05) is 4.88 Å². The van der Waals surface area contributed by atoms with E-state index in [1.807, 2.05) is 23.6 Å². The van der Waals surface area contributed by atoms with Crippen LogP contribution in [0.4, 0.5) is 13.2 Å². The second-order valence-corrected chi connectivity index (χ2v) is 7.79. The van der Waals surface area contributed by atoms with Gasteiger partial charge in [0.05, 0.1) is 5.41 Å². The quantitative estimate of drug-likeness (QED) is 0.597. The number of alkyl halides is 3. The minimum atomic E-state index is -5.63. The van der Waals surface area contributed by atoms with Crippen molar-refractivity contribution in [1.82, 2.24) is 0 Å². The molecule has 1 spiro atoms. The molecule has 0 amide bonds. The average Bonchev–Trinajstić information content (AvgIpc) is 3.12. The van der Waals surface area contributed by atoms with Crippen LogP contribution in [0.3, 0.4) is 0 Å². The third-order valence-electron chi connectivity index (χ3n) is 4.08. The summed E-state index contributed by atoms with van der Waals surface area (Å²) >= 11 is 1.48. The molecule has 0 N–H and O–H groups in total. The number of hydrogen-bond acceptors (Lipinski definition) is 4. The second-order valence-electron chi connectivity index (χ2n) is 5.31. The van der Waals surface area contributed by atoms with Gasteiger partial charge in [-0.15, -0.1) is 11.3 Å². The van der Waals surface area contributed by atoms with Gasteiger partial charge in [0.15, 0.2) is 0 Å². The fourth-order valence-electron chi connectivity index (χ4n) is 3.12. The molecule has 8 heteroatoms. The number of hydrogen-bond donors (Lipinski definition) is 0. The van der Waals surface area contributed by atoms with Crippen LogP contribution in [0.25, 0.3) is 5.57 Å². The Morgan fingerprint density at radius 2 is 1.86 bits per heavy atom. The van der Waals surface area contributed by atoms with Gasteiger partial charge < -0.3 is 4.18 Å². The maximum Gasteiger partial charge on any atom is 0.534 e. The Labute approximate surface area is 130 Å². The van der Waals surface area contributed by atoms with Crippen molar-refractivity contribution in [3.63, 3.8) is 0 Å². The molecule has 0 bridgehead atoms. The second kappa shape index (κ2) is 5.13. The van der Waals surface area contributed by atoms with Gasteiger partial charge in [-0.1, -0.05) is 12.1 Å². The first-order valence-electron chi connectivity index (χ1n) is 6.72. The molecule has 0 saturated carbocycles. The van der Waals surface area contributed by atoms with Crippen molar-refractivity contribution in [1.29, 1.82) is 0 Å². The Hall–Kier alpha value is -1.28. The maximum atomic E-state index is 12.6. The topological polar surface area (TPSA) is 43.4 Å². The van der Waals surface area contributed by atoms with Crippen molar-refractivity contribution in [3.05, 3.63) is 40.3 Å². The van der Waals surface area contributed by atoms with Crippen LogP contribution in [0.1, 0.15) is 30.6 Å². The van der Waals surface area contributed by atoms with Crippen LogP contribution in [0.5, 0.6) is 0 Å². The van der Waals surface area contributed by atoms with E-state index in [1.165, 1.54) is 17.4 Å². The van der Waals surface area contributed by atoms with Crippen LogP contribution in [-0.2, 0) is 14.3 Å². The van der Waals surface area contributed by atoms with E-state index in [1.54, 1.807) is 0 Å². The van der Waals surface area contributed by atoms with Crippen LogP contribution in [-0.4, -0.2) is 13.9 Å². The fourth-order valence-corrected chi connectivity index (χ4v) is 4.55. The third-order valence-corrected chi connectivity index (χ3v) is 5.95. The Morgan fingerprint density at radius 3 is 2.45 bits per heavy atom. The first-order chi connectivity index (χ1) is 10.3. The molecule has 0 aliphatic heterocycles. The van der Waals surface area contributed by atoms with E-state index in [2.05, 4.69) is 4.18 Å². The SMILES string of the molecule is O=S(=O)(OC1=CCCC12CCC=C2c1cccs1)C(F)(F)F. The van der Waals surface area contributed by atoms with Gasteiger partial charge in [0.2, 0.25) is 0 Å². The highest BCUT2D eigenvalue weighted by Crippen LogP contribution is 2.57. The summed E-state index contributed by atoms with van der Waals surface area (Å²) < 4.78 is 64.9. The van der Waals surface area contributed by atoms with Gasteiger partial charge >= 0.3 is 15.6 Å². The normalized spacial score (nSPS) is 25.4. The van der Waals surface area contributed by atoms with Crippen molar-refractivity contribution in [2.75, 3.05) is 0 Å². The molecule has 1 unspecified atom stereocenters. The van der Waals surface area contributed by atoms with Crippen molar-refractivity contribution >= 4 is 27.0 Å². The number of thiophene rings is 1. The van der Waals surface area contributed by atoms with Crippen LogP contribution in [0.15, 0.2) is 35.4 Å². The van der Waals surface area contributed by atoms with Gasteiger partial charge in [-0.3, -0.25) is 0 Å². The Morgan fingerprint density at radius 1 is 1.18 bits per heavy atom. The molecule has 1 aromatic heterocycles. The van der Waals surface area contributed by atoms with E-state index in [4.69, 9.17) is 0 Å². The number of halogens is 3. The van der Waals surface area contributed by atoms with Gasteiger partial charge in [0.25, 0.3) is 0 Å². The molecule has 0 fully saturated rings. The van der Waals surface area contributed by atoms with Crippen molar-refractivity contribution < 1.29 is 25.8 Å². The molecule has 0 saturated heterocycles. The molecule has 3 rings (SSSR count). The molecule has 3 nitrogen and oxygen atoms in total. The predicted molar refractivity (Wildman–Crippen MR) is 77.3 cm³/mol. The molecule has 0 radical (unpaired) electrons. The Kier molecular flexibility index (Phi) is 3.64. The lowest BCUT2D eigenvalue weighted by Gasteiger charge is -2.30. The summed E-state index contributed by atoms with van der Waals surface area (Å²) in [5.74, 6) is -0.0815. The van der Waals surface area contributed by atoms with Crippen LogP contribution < -0.4 is 0 Å².